The molecule has 1 aromatic heterocycles. The van der Waals surface area contributed by atoms with E-state index < -0.39 is 0 Å². The van der Waals surface area contributed by atoms with E-state index in [-0.39, 0.29) is 6.10 Å². The van der Waals surface area contributed by atoms with Gasteiger partial charge < -0.3 is 20.6 Å². The van der Waals surface area contributed by atoms with E-state index in [9.17, 15) is 0 Å². The summed E-state index contributed by atoms with van der Waals surface area (Å²) in [7, 11) is 0. The van der Waals surface area contributed by atoms with Crippen molar-refractivity contribution in [2.75, 3.05) is 11.5 Å². The van der Waals surface area contributed by atoms with Crippen LogP contribution in [0.1, 0.15) is 25.2 Å². The minimum Gasteiger partial charge on any atom is -0.490 e. The third-order valence-corrected chi connectivity index (χ3v) is 5.08. The number of hydrogen-bond acceptors (Lipinski definition) is 4. The van der Waals surface area contributed by atoms with Gasteiger partial charge in [0.2, 0.25) is 0 Å². The average molecular weight is 360 g/mol. The summed E-state index contributed by atoms with van der Waals surface area (Å²) in [6, 6.07) is 15.7. The van der Waals surface area contributed by atoms with E-state index in [0.717, 1.165) is 39.5 Å². The van der Waals surface area contributed by atoms with Crippen LogP contribution in [0.4, 0.5) is 11.4 Å². The van der Waals surface area contributed by atoms with E-state index >= 15 is 0 Å². The first kappa shape index (κ1) is 17.3. The van der Waals surface area contributed by atoms with Crippen LogP contribution in [0.25, 0.3) is 28.2 Å². The fourth-order valence-corrected chi connectivity index (χ4v) is 3.47. The highest BCUT2D eigenvalue weighted by molar-refractivity contribution is 5.87. The highest BCUT2D eigenvalue weighted by Gasteiger charge is 2.23. The summed E-state index contributed by atoms with van der Waals surface area (Å²) < 4.78 is 12.0. The van der Waals surface area contributed by atoms with E-state index in [1.807, 2.05) is 49.4 Å². The van der Waals surface area contributed by atoms with Gasteiger partial charge in [-0.25, -0.2) is 0 Å². The summed E-state index contributed by atoms with van der Waals surface area (Å²) >= 11 is 0. The molecule has 0 fully saturated rings. The zero-order valence-corrected chi connectivity index (χ0v) is 15.8. The van der Waals surface area contributed by atoms with Gasteiger partial charge in [0.05, 0.1) is 0 Å². The lowest BCUT2D eigenvalue weighted by atomic mass is 9.97. The summed E-state index contributed by atoms with van der Waals surface area (Å²) in [5.74, 6) is 2.83. The molecule has 2 heterocycles. The van der Waals surface area contributed by atoms with Gasteiger partial charge in [-0.05, 0) is 61.9 Å². The Hall–Kier alpha value is -3.14. The highest BCUT2D eigenvalue weighted by atomic mass is 16.5. The van der Waals surface area contributed by atoms with Crippen LogP contribution in [0.5, 0.6) is 0 Å². The molecule has 138 valence electrons. The van der Waals surface area contributed by atoms with Gasteiger partial charge in [0, 0.05) is 34.0 Å². The summed E-state index contributed by atoms with van der Waals surface area (Å²) in [4.78, 5) is 0. The Morgan fingerprint density at radius 3 is 2.33 bits per heavy atom. The van der Waals surface area contributed by atoms with Crippen LogP contribution in [0.2, 0.25) is 0 Å². The molecular weight excluding hydrogens is 336 g/mol. The van der Waals surface area contributed by atoms with Crippen molar-refractivity contribution in [3.8, 4) is 22.5 Å². The van der Waals surface area contributed by atoms with Crippen molar-refractivity contribution in [2.24, 2.45) is 5.92 Å². The predicted octanol–water partition coefficient (Wildman–Crippen LogP) is 5.48. The zero-order chi connectivity index (χ0) is 19.1. The van der Waals surface area contributed by atoms with Crippen molar-refractivity contribution in [3.05, 3.63) is 65.9 Å². The quantitative estimate of drug-likeness (QED) is 0.606. The summed E-state index contributed by atoms with van der Waals surface area (Å²) in [6.07, 6.45) is 2.32. The van der Waals surface area contributed by atoms with Crippen molar-refractivity contribution in [2.45, 2.75) is 26.9 Å². The standard InChI is InChI=1S/C23H24N2O2/c1-13-8-22(27-15(13)3)17-10-16(11-18(24)12-17)20-9-14(2)26-23(20)19-6-4-5-7-21(19)25/h4-13,15H,24-25H2,1-3H3. The molecule has 0 amide bonds. The van der Waals surface area contributed by atoms with Gasteiger partial charge in [0.15, 0.2) is 0 Å². The Morgan fingerprint density at radius 1 is 0.889 bits per heavy atom. The van der Waals surface area contributed by atoms with Crippen LogP contribution in [0.15, 0.2) is 59.0 Å². The normalized spacial score (nSPS) is 19.0. The number of para-hydroxylation sites is 1. The number of furan rings is 1. The monoisotopic (exact) mass is 360 g/mol. The van der Waals surface area contributed by atoms with Crippen molar-refractivity contribution in [1.29, 1.82) is 0 Å². The maximum Gasteiger partial charge on any atom is 0.144 e. The molecule has 27 heavy (non-hydrogen) atoms. The van der Waals surface area contributed by atoms with E-state index in [2.05, 4.69) is 26.0 Å². The predicted molar refractivity (Wildman–Crippen MR) is 111 cm³/mol. The smallest absolute Gasteiger partial charge is 0.144 e. The Balaban J connectivity index is 1.84. The number of aryl methyl sites for hydroxylation is 1. The molecule has 0 spiro atoms. The Morgan fingerprint density at radius 2 is 1.63 bits per heavy atom. The van der Waals surface area contributed by atoms with Crippen molar-refractivity contribution < 1.29 is 9.15 Å². The Labute approximate surface area is 159 Å². The Kier molecular flexibility index (Phi) is 4.19. The summed E-state index contributed by atoms with van der Waals surface area (Å²) in [5, 5.41) is 0. The van der Waals surface area contributed by atoms with Crippen LogP contribution in [-0.2, 0) is 4.74 Å². The van der Waals surface area contributed by atoms with E-state index in [0.29, 0.717) is 17.3 Å². The fraction of sp³-hybridized carbons (Fsp3) is 0.217. The lowest BCUT2D eigenvalue weighted by molar-refractivity contribution is 0.177. The molecule has 4 N–H and O–H groups in total. The van der Waals surface area contributed by atoms with Crippen LogP contribution >= 0.6 is 0 Å². The van der Waals surface area contributed by atoms with Gasteiger partial charge in [-0.15, -0.1) is 0 Å². The lowest BCUT2D eigenvalue weighted by Crippen LogP contribution is -2.07. The molecule has 0 saturated heterocycles. The molecule has 2 unspecified atom stereocenters. The van der Waals surface area contributed by atoms with Gasteiger partial charge in [0.1, 0.15) is 23.4 Å². The maximum absolute atomic E-state index is 6.22. The number of rotatable bonds is 3. The second-order valence-corrected chi connectivity index (χ2v) is 7.24. The summed E-state index contributed by atoms with van der Waals surface area (Å²) in [6.45, 7) is 6.17. The van der Waals surface area contributed by atoms with Gasteiger partial charge in [0.25, 0.3) is 0 Å². The van der Waals surface area contributed by atoms with Crippen LogP contribution in [0.3, 0.4) is 0 Å². The minimum atomic E-state index is 0.167. The van der Waals surface area contributed by atoms with E-state index in [1.54, 1.807) is 0 Å². The molecule has 4 heteroatoms. The Bertz CT molecular complexity index is 1030. The molecule has 0 radical (unpaired) electrons. The number of ether oxygens (including phenoxy) is 1. The van der Waals surface area contributed by atoms with E-state index in [1.165, 1.54) is 0 Å². The molecule has 4 rings (SSSR count). The van der Waals surface area contributed by atoms with Gasteiger partial charge in [-0.3, -0.25) is 0 Å². The molecule has 4 nitrogen and oxygen atoms in total. The first-order valence-corrected chi connectivity index (χ1v) is 9.17. The number of anilines is 2. The average Bonchev–Trinajstić information content (AvgIpc) is 3.17. The lowest BCUT2D eigenvalue weighted by Gasteiger charge is -2.13. The first-order chi connectivity index (χ1) is 12.9. The van der Waals surface area contributed by atoms with E-state index in [4.69, 9.17) is 20.6 Å². The first-order valence-electron chi connectivity index (χ1n) is 9.17. The van der Waals surface area contributed by atoms with Crippen molar-refractivity contribution in [1.82, 2.24) is 0 Å². The van der Waals surface area contributed by atoms with Crippen molar-refractivity contribution in [3.63, 3.8) is 0 Å². The number of hydrogen-bond donors (Lipinski definition) is 2. The van der Waals surface area contributed by atoms with Gasteiger partial charge in [-0.2, -0.15) is 0 Å². The second-order valence-electron chi connectivity index (χ2n) is 7.24. The molecular formula is C23H24N2O2. The molecule has 0 saturated carbocycles. The zero-order valence-electron chi connectivity index (χ0n) is 15.8. The number of nitrogen functional groups attached to an aromatic ring is 2. The highest BCUT2D eigenvalue weighted by Crippen LogP contribution is 2.40. The second kappa shape index (κ2) is 6.54. The largest absolute Gasteiger partial charge is 0.490 e. The third kappa shape index (κ3) is 3.19. The van der Waals surface area contributed by atoms with Gasteiger partial charge >= 0.3 is 0 Å². The number of nitrogens with two attached hydrogens (primary N) is 2. The van der Waals surface area contributed by atoms with Crippen molar-refractivity contribution >= 4 is 17.1 Å². The molecule has 3 aromatic rings. The topological polar surface area (TPSA) is 74.4 Å². The molecule has 1 aliphatic rings. The summed E-state index contributed by atoms with van der Waals surface area (Å²) in [5.41, 5.74) is 17.6. The number of benzene rings is 2. The van der Waals surface area contributed by atoms with Crippen LogP contribution < -0.4 is 11.5 Å². The molecule has 2 aromatic carbocycles. The molecule has 0 aliphatic carbocycles. The SMILES string of the molecule is Cc1cc(-c2cc(N)cc(C3=CC(C)C(C)O3)c2)c(-c2ccccc2N)o1. The van der Waals surface area contributed by atoms with Crippen LogP contribution in [-0.4, -0.2) is 6.10 Å². The van der Waals surface area contributed by atoms with Gasteiger partial charge in [-0.1, -0.05) is 19.1 Å². The fourth-order valence-electron chi connectivity index (χ4n) is 3.47. The molecule has 2 atom stereocenters. The maximum atomic E-state index is 6.22. The minimum absolute atomic E-state index is 0.167. The third-order valence-electron chi connectivity index (χ3n) is 5.08. The molecule has 1 aliphatic heterocycles. The molecule has 0 bridgehead atoms. The van der Waals surface area contributed by atoms with Crippen LogP contribution in [0, 0.1) is 12.8 Å².